The monoisotopic (exact) mass is 827 g/mol. The van der Waals surface area contributed by atoms with Crippen molar-refractivity contribution in [1.29, 1.82) is 0 Å². The van der Waals surface area contributed by atoms with Crippen LogP contribution in [-0.4, -0.2) is 112 Å². The Kier molecular flexibility index (Phi) is 11.4. The average Bonchev–Trinajstić information content (AvgIpc) is 3.86. The number of piperidine rings is 1. The lowest BCUT2D eigenvalue weighted by molar-refractivity contribution is -0.366. The summed E-state index contributed by atoms with van der Waals surface area (Å²) in [7, 11) is 0. The summed E-state index contributed by atoms with van der Waals surface area (Å²) in [5, 5.41) is 36.8. The molecule has 4 N–H and O–H groups in total. The molecule has 0 amide bonds. The molecule has 1 unspecified atom stereocenters. The topological polar surface area (TPSA) is 164 Å². The Balaban J connectivity index is 0.832. The van der Waals surface area contributed by atoms with Crippen molar-refractivity contribution in [3.63, 3.8) is 0 Å². The molecule has 0 aromatic rings. The van der Waals surface area contributed by atoms with Crippen molar-refractivity contribution in [1.82, 2.24) is 5.32 Å². The Bertz CT molecular complexity index is 1660. The van der Waals surface area contributed by atoms with Crippen molar-refractivity contribution in [3.05, 3.63) is 36.5 Å². The fraction of sp³-hybridized carbons (Fsp3) is 0.848. The summed E-state index contributed by atoms with van der Waals surface area (Å²) in [4.78, 5) is 10.9. The van der Waals surface area contributed by atoms with Crippen LogP contribution in [0.2, 0.25) is 0 Å². The van der Waals surface area contributed by atoms with E-state index in [4.69, 9.17) is 43.0 Å². The van der Waals surface area contributed by atoms with E-state index in [1.165, 1.54) is 0 Å². The second kappa shape index (κ2) is 15.8. The van der Waals surface area contributed by atoms with Gasteiger partial charge in [0.25, 0.3) is 0 Å². The summed E-state index contributed by atoms with van der Waals surface area (Å²) >= 11 is 0. The van der Waals surface area contributed by atoms with E-state index in [0.29, 0.717) is 69.1 Å². The van der Waals surface area contributed by atoms with Crippen molar-refractivity contribution >= 4 is 5.97 Å². The lowest BCUT2D eigenvalue weighted by Gasteiger charge is -2.52. The van der Waals surface area contributed by atoms with Crippen molar-refractivity contribution in [2.75, 3.05) is 6.54 Å². The lowest BCUT2D eigenvalue weighted by atomic mass is 9.79. The van der Waals surface area contributed by atoms with E-state index >= 15 is 0 Å². The second-order valence-corrected chi connectivity index (χ2v) is 20.4. The molecular formula is C46H69NO12. The number of carbonyl (C=O) groups is 1. The number of aliphatic hydroxyl groups is 2. The maximum Gasteiger partial charge on any atom is 0.303 e. The molecule has 330 valence electrons. The standard InChI is InChI=1S/C46H69NO12/c1-26-19-35-40-37(24-44(57-40)30(5)18-27(2)25-47-44)55-43(22-26,54-35)23-29(4)39-28(3)13-15-45(51,58-39)41(50)36-21-34-33(52-36)20-31(6)46(56-34)17-16-42(59-46)14-9-11-32(53-42)10-7-8-12-38(48)49/h7,9-10,14,26-28,30-37,39-41,47,50-51H,4,8,11-13,15-25H2,1-3,5-6H3,(H,48,49)/b10-7+/t26-,27+,28?,30-,31+,32-,33+,34+,35+,36-,37+,39+,40+,41+,42+,43+,44-,45-,46-/m1/s1. The number of hydrogen-bond acceptors (Lipinski definition) is 12. The first kappa shape index (κ1) is 42.5. The minimum atomic E-state index is -1.84. The van der Waals surface area contributed by atoms with Gasteiger partial charge in [0.15, 0.2) is 23.1 Å². The van der Waals surface area contributed by atoms with Crippen LogP contribution in [-0.2, 0) is 42.7 Å². The van der Waals surface area contributed by atoms with Crippen molar-refractivity contribution in [3.8, 4) is 0 Å². The minimum Gasteiger partial charge on any atom is -0.481 e. The van der Waals surface area contributed by atoms with Crippen LogP contribution in [0.4, 0.5) is 0 Å². The summed E-state index contributed by atoms with van der Waals surface area (Å²) in [6, 6.07) is 0. The molecule has 9 aliphatic heterocycles. The van der Waals surface area contributed by atoms with Crippen LogP contribution in [0.15, 0.2) is 36.5 Å². The van der Waals surface area contributed by atoms with E-state index < -0.39 is 53.2 Å². The summed E-state index contributed by atoms with van der Waals surface area (Å²) in [6.07, 6.45) is 12.6. The lowest BCUT2D eigenvalue weighted by Crippen LogP contribution is -2.60. The molecule has 8 saturated heterocycles. The number of carboxylic acids is 1. The van der Waals surface area contributed by atoms with Gasteiger partial charge < -0.3 is 53.2 Å². The number of aliphatic hydroxyl groups excluding tert-OH is 1. The van der Waals surface area contributed by atoms with Crippen molar-refractivity contribution < 1.29 is 58.0 Å². The van der Waals surface area contributed by atoms with Crippen LogP contribution in [0.25, 0.3) is 0 Å². The second-order valence-electron chi connectivity index (χ2n) is 20.4. The highest BCUT2D eigenvalue weighted by Gasteiger charge is 2.63. The number of aliphatic carboxylic acids is 1. The van der Waals surface area contributed by atoms with E-state index in [2.05, 4.69) is 52.6 Å². The molecule has 9 rings (SSSR count). The molecule has 0 saturated carbocycles. The molecule has 0 aromatic carbocycles. The first-order valence-electron chi connectivity index (χ1n) is 22.8. The van der Waals surface area contributed by atoms with Crippen LogP contribution >= 0.6 is 0 Å². The molecule has 19 atom stereocenters. The molecule has 2 bridgehead atoms. The fourth-order valence-corrected chi connectivity index (χ4v) is 12.4. The summed E-state index contributed by atoms with van der Waals surface area (Å²) in [6.45, 7) is 16.5. The van der Waals surface area contributed by atoms with Crippen molar-refractivity contribution in [2.45, 2.75) is 208 Å². The van der Waals surface area contributed by atoms with E-state index in [9.17, 15) is 15.0 Å². The molecule has 13 nitrogen and oxygen atoms in total. The van der Waals surface area contributed by atoms with Crippen LogP contribution in [0, 0.1) is 29.6 Å². The van der Waals surface area contributed by atoms with E-state index in [-0.39, 0.29) is 61.3 Å². The Morgan fingerprint density at radius 3 is 2.51 bits per heavy atom. The van der Waals surface area contributed by atoms with Gasteiger partial charge in [-0.2, -0.15) is 0 Å². The third-order valence-corrected chi connectivity index (χ3v) is 15.5. The van der Waals surface area contributed by atoms with Gasteiger partial charge in [-0.1, -0.05) is 59.4 Å². The molecular weight excluding hydrogens is 759 g/mol. The number of carboxylic acid groups (broad SMARTS) is 1. The predicted molar refractivity (Wildman–Crippen MR) is 214 cm³/mol. The van der Waals surface area contributed by atoms with Gasteiger partial charge in [0, 0.05) is 63.8 Å². The average molecular weight is 828 g/mol. The third-order valence-electron chi connectivity index (χ3n) is 15.5. The number of rotatable bonds is 9. The number of ether oxygens (including phenoxy) is 8. The number of fused-ring (bicyclic) bond motifs is 5. The Morgan fingerprint density at radius 1 is 0.898 bits per heavy atom. The quantitative estimate of drug-likeness (QED) is 0.200. The largest absolute Gasteiger partial charge is 0.481 e. The van der Waals surface area contributed by atoms with Gasteiger partial charge >= 0.3 is 5.97 Å². The Morgan fingerprint density at radius 2 is 1.71 bits per heavy atom. The van der Waals surface area contributed by atoms with Gasteiger partial charge in [-0.05, 0) is 73.8 Å². The highest BCUT2D eigenvalue weighted by molar-refractivity contribution is 5.66. The van der Waals surface area contributed by atoms with E-state index in [1.54, 1.807) is 0 Å². The SMILES string of the molecule is C=C(C[C@@]12C[C@H](C)C[C@H](O1)[C@@H]1O[C@@]3(C[C@@H]1O2)NC[C@@H](C)C[C@H]3C)[C@H]1O[C@@](O)([C@@H](O)[C@H]2C[C@@H]3O[C@@]4(CC[C@]5(C=CC[C@@H](/C=C/CCC(=O)O)O5)O4)[C@@H](C)C[C@@H]3O2)CCC1C. The molecule has 8 fully saturated rings. The van der Waals surface area contributed by atoms with Gasteiger partial charge in [0.1, 0.15) is 17.9 Å². The zero-order valence-corrected chi connectivity index (χ0v) is 35.7. The smallest absolute Gasteiger partial charge is 0.303 e. The van der Waals surface area contributed by atoms with Crippen LogP contribution in [0.5, 0.6) is 0 Å². The Hall–Kier alpha value is -1.75. The molecule has 0 aromatic heterocycles. The first-order valence-corrected chi connectivity index (χ1v) is 22.8. The fourth-order valence-electron chi connectivity index (χ4n) is 12.4. The molecule has 59 heavy (non-hydrogen) atoms. The summed E-state index contributed by atoms with van der Waals surface area (Å²) in [5.41, 5.74) is 0.396. The minimum absolute atomic E-state index is 0.0154. The molecule has 13 heteroatoms. The summed E-state index contributed by atoms with van der Waals surface area (Å²) < 4.78 is 53.9. The molecule has 0 radical (unpaired) electrons. The first-order chi connectivity index (χ1) is 28.0. The van der Waals surface area contributed by atoms with Crippen LogP contribution in [0.3, 0.4) is 0 Å². The maximum atomic E-state index is 12.1. The maximum absolute atomic E-state index is 12.1. The van der Waals surface area contributed by atoms with Crippen LogP contribution in [0.1, 0.15) is 125 Å². The van der Waals surface area contributed by atoms with Gasteiger partial charge in [-0.25, -0.2) is 0 Å². The van der Waals surface area contributed by atoms with Crippen molar-refractivity contribution in [2.24, 2.45) is 29.6 Å². The molecule has 9 aliphatic rings. The van der Waals surface area contributed by atoms with Gasteiger partial charge in [0.2, 0.25) is 0 Å². The van der Waals surface area contributed by atoms with Gasteiger partial charge in [0.05, 0.1) is 42.7 Å². The summed E-state index contributed by atoms with van der Waals surface area (Å²) in [5.74, 6) is -3.94. The van der Waals surface area contributed by atoms with E-state index in [0.717, 1.165) is 37.8 Å². The Labute approximate surface area is 349 Å². The third kappa shape index (κ3) is 7.96. The normalized spacial score (nSPS) is 52.3. The molecule has 0 aliphatic carbocycles. The highest BCUT2D eigenvalue weighted by Crippen LogP contribution is 2.55. The van der Waals surface area contributed by atoms with Crippen LogP contribution < -0.4 is 5.32 Å². The van der Waals surface area contributed by atoms with E-state index in [1.807, 2.05) is 18.2 Å². The number of hydrogen-bond donors (Lipinski definition) is 4. The molecule has 3 spiro atoms. The zero-order valence-electron chi connectivity index (χ0n) is 35.7. The zero-order chi connectivity index (χ0) is 41.5. The molecule has 9 heterocycles. The number of nitrogens with one attached hydrogen (secondary N) is 1. The van der Waals surface area contributed by atoms with Gasteiger partial charge in [-0.3, -0.25) is 10.1 Å². The highest BCUT2D eigenvalue weighted by atomic mass is 16.8. The van der Waals surface area contributed by atoms with Gasteiger partial charge in [-0.15, -0.1) is 0 Å². The number of allylic oxidation sites excluding steroid dienone is 1. The predicted octanol–water partition coefficient (Wildman–Crippen LogP) is 6.01.